The molecule has 0 saturated carbocycles. The lowest BCUT2D eigenvalue weighted by molar-refractivity contribution is -0.361. The van der Waals surface area contributed by atoms with Gasteiger partial charge < -0.3 is 62.7 Å². The predicted molar refractivity (Wildman–Crippen MR) is 308 cm³/mol. The fourth-order valence-corrected chi connectivity index (χ4v) is 11.0. The zero-order chi connectivity index (χ0) is 59.7. The van der Waals surface area contributed by atoms with E-state index in [9.17, 15) is 34.5 Å². The Morgan fingerprint density at radius 2 is 0.838 bits per heavy atom. The zero-order valence-corrected chi connectivity index (χ0v) is 52.4. The van der Waals surface area contributed by atoms with Gasteiger partial charge in [0.1, 0.15) is 43.2 Å². The summed E-state index contributed by atoms with van der Waals surface area (Å²) in [6, 6.07) is 0. The van der Waals surface area contributed by atoms with E-state index in [0.717, 1.165) is 83.0 Å². The molecule has 80 heavy (non-hydrogen) atoms. The predicted octanol–water partition coefficient (Wildman–Crippen LogP) is 11.2. The topological polar surface area (TPSA) is 221 Å². The number of hydrogen-bond acceptors (Lipinski definition) is 17. The molecule has 2 aliphatic rings. The highest BCUT2D eigenvalue weighted by atomic mass is 16.8. The van der Waals surface area contributed by atoms with Crippen LogP contribution in [0.1, 0.15) is 225 Å². The van der Waals surface area contributed by atoms with Crippen molar-refractivity contribution in [3.63, 3.8) is 0 Å². The van der Waals surface area contributed by atoms with Crippen LogP contribution in [0.25, 0.3) is 0 Å². The van der Waals surface area contributed by atoms with E-state index in [4.69, 9.17) is 47.4 Å². The van der Waals surface area contributed by atoms with Gasteiger partial charge in [0.05, 0.1) is 19.8 Å². The molecule has 0 spiro atoms. The third-order valence-electron chi connectivity index (χ3n) is 16.1. The van der Waals surface area contributed by atoms with Gasteiger partial charge in [-0.1, -0.05) is 185 Å². The van der Waals surface area contributed by atoms with Gasteiger partial charge in [-0.05, 0) is 60.2 Å². The Labute approximate surface area is 484 Å². The van der Waals surface area contributed by atoms with Gasteiger partial charge in [-0.25, -0.2) is 0 Å². The molecule has 2 fully saturated rings. The summed E-state index contributed by atoms with van der Waals surface area (Å²) >= 11 is 0. The van der Waals surface area contributed by atoms with Crippen molar-refractivity contribution in [2.75, 3.05) is 39.6 Å². The maximum Gasteiger partial charge on any atom is 0.303 e. The first-order valence-electron chi connectivity index (χ1n) is 31.3. The fourth-order valence-electron chi connectivity index (χ4n) is 11.0. The number of esters is 4. The van der Waals surface area contributed by atoms with E-state index in [1.54, 1.807) is 0 Å². The van der Waals surface area contributed by atoms with Crippen molar-refractivity contribution in [2.45, 2.75) is 293 Å². The SMILES string of the molecule is CC(=O)OC[C@H]1O[C@@H](O[C@H]2[C@H](O)[C@@H](O)[C@H](OC[C@@H](COCC[C@H](C)CCC[C@H](C)CCC[C@H](C)CCCC(C)C)OCC[C@H](C)CCC[C@H](C)CCC[C@H](C)CCCC(C)C)O[C@@H]2CO)[C@H](OC(C)=O)[C@@H](OC(C)=O)[C@@H]1OC(C)=O. The highest BCUT2D eigenvalue weighted by Crippen LogP contribution is 2.34. The molecule has 17 atom stereocenters. The summed E-state index contributed by atoms with van der Waals surface area (Å²) in [5, 5.41) is 33.8. The van der Waals surface area contributed by atoms with Crippen molar-refractivity contribution in [1.29, 1.82) is 0 Å². The molecule has 0 bridgehead atoms. The van der Waals surface area contributed by atoms with E-state index in [0.29, 0.717) is 31.0 Å². The Kier molecular flexibility index (Phi) is 38.2. The van der Waals surface area contributed by atoms with Crippen molar-refractivity contribution in [3.05, 3.63) is 0 Å². The number of hydrogen-bond donors (Lipinski definition) is 3. The smallest absolute Gasteiger partial charge is 0.303 e. The third-order valence-corrected chi connectivity index (χ3v) is 16.1. The molecule has 17 nitrogen and oxygen atoms in total. The lowest BCUT2D eigenvalue weighted by Crippen LogP contribution is -2.66. The molecule has 0 amide bonds. The Morgan fingerprint density at radius 3 is 1.26 bits per heavy atom. The van der Waals surface area contributed by atoms with Crippen LogP contribution < -0.4 is 0 Å². The minimum atomic E-state index is -1.78. The molecule has 2 heterocycles. The van der Waals surface area contributed by atoms with Crippen molar-refractivity contribution in [3.8, 4) is 0 Å². The molecule has 3 N–H and O–H groups in total. The number of carbonyl (C=O) groups is 4. The van der Waals surface area contributed by atoms with Gasteiger partial charge in [-0.3, -0.25) is 19.2 Å². The van der Waals surface area contributed by atoms with Crippen LogP contribution in [-0.2, 0) is 66.5 Å². The monoisotopic (exact) mass is 1140 g/mol. The van der Waals surface area contributed by atoms with Gasteiger partial charge in [0.25, 0.3) is 0 Å². The Balaban J connectivity index is 2.09. The minimum Gasteiger partial charge on any atom is -0.463 e. The van der Waals surface area contributed by atoms with Crippen LogP contribution in [0.15, 0.2) is 0 Å². The highest BCUT2D eigenvalue weighted by Gasteiger charge is 2.55. The van der Waals surface area contributed by atoms with Gasteiger partial charge in [0.2, 0.25) is 0 Å². The normalized spacial score (nSPS) is 26.0. The first-order chi connectivity index (χ1) is 37.9. The quantitative estimate of drug-likeness (QED) is 0.0293. The van der Waals surface area contributed by atoms with Crippen molar-refractivity contribution in [2.24, 2.45) is 47.3 Å². The van der Waals surface area contributed by atoms with Crippen LogP contribution in [0.2, 0.25) is 0 Å². The highest BCUT2D eigenvalue weighted by molar-refractivity contribution is 5.68. The summed E-state index contributed by atoms with van der Waals surface area (Å²) in [5.41, 5.74) is 0. The summed E-state index contributed by atoms with van der Waals surface area (Å²) in [6.45, 7) is 27.7. The van der Waals surface area contributed by atoms with Gasteiger partial charge >= 0.3 is 23.9 Å². The number of ether oxygens (including phenoxy) is 10. The number of aliphatic hydroxyl groups is 3. The molecule has 2 saturated heterocycles. The van der Waals surface area contributed by atoms with E-state index in [2.05, 4.69) is 69.2 Å². The summed E-state index contributed by atoms with van der Waals surface area (Å²) in [6.07, 6.45) is 8.51. The summed E-state index contributed by atoms with van der Waals surface area (Å²) in [4.78, 5) is 49.0. The number of aliphatic hydroxyl groups excluding tert-OH is 3. The second-order valence-corrected chi connectivity index (χ2v) is 25.4. The Bertz CT molecular complexity index is 1650. The molecule has 470 valence electrons. The molecule has 0 aromatic carbocycles. The molecule has 2 aliphatic heterocycles. The van der Waals surface area contributed by atoms with Gasteiger partial charge in [-0.2, -0.15) is 0 Å². The third kappa shape index (κ3) is 32.0. The number of rotatable bonds is 44. The largest absolute Gasteiger partial charge is 0.463 e. The van der Waals surface area contributed by atoms with Crippen LogP contribution in [0.4, 0.5) is 0 Å². The van der Waals surface area contributed by atoms with E-state index in [1.807, 2.05) is 0 Å². The molecule has 0 aliphatic carbocycles. The van der Waals surface area contributed by atoms with Gasteiger partial charge in [-0.15, -0.1) is 0 Å². The van der Waals surface area contributed by atoms with Gasteiger partial charge in [0, 0.05) is 40.9 Å². The van der Waals surface area contributed by atoms with E-state index >= 15 is 0 Å². The molecule has 0 aromatic rings. The molecule has 17 heteroatoms. The van der Waals surface area contributed by atoms with Crippen LogP contribution in [0.5, 0.6) is 0 Å². The van der Waals surface area contributed by atoms with E-state index in [-0.39, 0.29) is 13.2 Å². The molecular formula is C63H116O17. The van der Waals surface area contributed by atoms with Gasteiger partial charge in [0.15, 0.2) is 30.9 Å². The second-order valence-electron chi connectivity index (χ2n) is 25.4. The Hall–Kier alpha value is -2.48. The average Bonchev–Trinajstić information content (AvgIpc) is 3.36. The second kappa shape index (κ2) is 41.5. The zero-order valence-electron chi connectivity index (χ0n) is 52.4. The lowest BCUT2D eigenvalue weighted by atomic mass is 9.91. The molecule has 0 unspecified atom stereocenters. The maximum absolute atomic E-state index is 12.5. The fraction of sp³-hybridized carbons (Fsp3) is 0.937. The summed E-state index contributed by atoms with van der Waals surface area (Å²) < 4.78 is 58.8. The van der Waals surface area contributed by atoms with Crippen LogP contribution >= 0.6 is 0 Å². The van der Waals surface area contributed by atoms with Crippen molar-refractivity contribution < 1.29 is 81.9 Å². The first-order valence-corrected chi connectivity index (χ1v) is 31.3. The van der Waals surface area contributed by atoms with Crippen LogP contribution in [0, 0.1) is 47.3 Å². The maximum atomic E-state index is 12.5. The standard InChI is InChI=1S/C63H116O17/c1-41(2)21-15-23-43(5)25-17-27-45(7)29-19-31-47(9)33-35-71-38-53(72-36-34-48(10)32-20-30-46(8)28-18-26-44(6)24-16-22-42(3)4)39-74-62-57(70)56(69)58(54(37-64)78-62)80-63-61(77-52(14)68)60(76-51(13)67)59(75-50(12)66)55(79-63)40-73-49(11)65/h41-48,53-64,69-70H,15-40H2,1-14H3/t43-,44-,45-,46-,47-,48-,53-,54-,55-,56-,57-,58-,59-,60+,61-,62-,63+/m1/s1. The summed E-state index contributed by atoms with van der Waals surface area (Å²) in [5.74, 6) is 2.31. The van der Waals surface area contributed by atoms with Crippen LogP contribution in [0.3, 0.4) is 0 Å². The van der Waals surface area contributed by atoms with Crippen LogP contribution in [-0.4, -0.2) is 146 Å². The molecule has 0 radical (unpaired) electrons. The van der Waals surface area contributed by atoms with E-state index < -0.39 is 105 Å². The summed E-state index contributed by atoms with van der Waals surface area (Å²) in [7, 11) is 0. The first kappa shape index (κ1) is 73.6. The Morgan fingerprint density at radius 1 is 0.438 bits per heavy atom. The van der Waals surface area contributed by atoms with Crippen molar-refractivity contribution >= 4 is 23.9 Å². The lowest BCUT2D eigenvalue weighted by Gasteiger charge is -2.47. The molecule has 2 rings (SSSR count). The number of carbonyl (C=O) groups excluding carboxylic acids is 4. The molecule has 0 aromatic heterocycles. The molecular weight excluding hydrogens is 1030 g/mol. The van der Waals surface area contributed by atoms with Crippen molar-refractivity contribution in [1.82, 2.24) is 0 Å². The van der Waals surface area contributed by atoms with E-state index in [1.165, 1.54) is 103 Å². The minimum absolute atomic E-state index is 0.0653. The average molecular weight is 1150 g/mol.